The highest BCUT2D eigenvalue weighted by molar-refractivity contribution is 9.10. The van der Waals surface area contributed by atoms with Crippen LogP contribution in [0.4, 0.5) is 22.0 Å². The Morgan fingerprint density at radius 2 is 2.00 bits per heavy atom. The summed E-state index contributed by atoms with van der Waals surface area (Å²) < 4.78 is 66.8. The first-order chi connectivity index (χ1) is 8.20. The molecule has 3 nitrogen and oxygen atoms in total. The molecule has 0 atom stereocenters. The molecule has 0 bridgehead atoms. The lowest BCUT2D eigenvalue weighted by molar-refractivity contribution is -0.138. The van der Waals surface area contributed by atoms with Gasteiger partial charge in [0.2, 0.25) is 0 Å². The van der Waals surface area contributed by atoms with E-state index in [-0.39, 0.29) is 0 Å². The second-order valence-electron chi connectivity index (χ2n) is 3.04. The highest BCUT2D eigenvalue weighted by Crippen LogP contribution is 2.38. The number of halogens is 6. The summed E-state index contributed by atoms with van der Waals surface area (Å²) in [4.78, 5) is 14.4. The molecule has 0 amide bonds. The van der Waals surface area contributed by atoms with Crippen LogP contribution in [0.1, 0.15) is 27.9 Å². The Labute approximate surface area is 106 Å². The Kier molecular flexibility index (Phi) is 4.25. The van der Waals surface area contributed by atoms with E-state index in [0.29, 0.717) is 6.20 Å². The number of rotatable bonds is 2. The van der Waals surface area contributed by atoms with E-state index in [1.807, 2.05) is 0 Å². The fraction of sp³-hybridized carbons (Fsp3) is 0.333. The number of alkyl halides is 5. The molecular formula is C9H5BrF5NO2. The molecule has 1 aromatic rings. The van der Waals surface area contributed by atoms with Crippen molar-refractivity contribution in [3.05, 3.63) is 27.5 Å². The maximum absolute atomic E-state index is 12.7. The Morgan fingerprint density at radius 1 is 1.44 bits per heavy atom. The van der Waals surface area contributed by atoms with Gasteiger partial charge in [-0.15, -0.1) is 0 Å². The van der Waals surface area contributed by atoms with E-state index in [2.05, 4.69) is 25.7 Å². The van der Waals surface area contributed by atoms with Gasteiger partial charge in [-0.1, -0.05) is 0 Å². The highest BCUT2D eigenvalue weighted by Gasteiger charge is 2.39. The number of pyridine rings is 1. The zero-order valence-electron chi connectivity index (χ0n) is 8.69. The van der Waals surface area contributed by atoms with E-state index in [4.69, 9.17) is 0 Å². The molecule has 0 aliphatic heterocycles. The number of methoxy groups -OCH3 is 1. The predicted molar refractivity (Wildman–Crippen MR) is 53.2 cm³/mol. The van der Waals surface area contributed by atoms with Crippen LogP contribution in [0.2, 0.25) is 0 Å². The van der Waals surface area contributed by atoms with Gasteiger partial charge in [0.25, 0.3) is 6.43 Å². The van der Waals surface area contributed by atoms with Gasteiger partial charge in [0.15, 0.2) is 0 Å². The Bertz CT molecular complexity index is 475. The third kappa shape index (κ3) is 2.77. The van der Waals surface area contributed by atoms with Crippen LogP contribution in [0.15, 0.2) is 10.8 Å². The smallest absolute Gasteiger partial charge is 0.418 e. The molecular weight excluding hydrogens is 329 g/mol. The molecule has 0 aliphatic rings. The zero-order chi connectivity index (χ0) is 14.1. The number of ether oxygens (including phenoxy) is 1. The van der Waals surface area contributed by atoms with Crippen molar-refractivity contribution in [3.63, 3.8) is 0 Å². The lowest BCUT2D eigenvalue weighted by atomic mass is 10.0. The summed E-state index contributed by atoms with van der Waals surface area (Å²) in [7, 11) is 0.798. The van der Waals surface area contributed by atoms with Crippen molar-refractivity contribution >= 4 is 21.9 Å². The SMILES string of the molecule is COC(=O)c1c(C(F)(F)F)cnc(Br)c1C(F)F. The van der Waals surface area contributed by atoms with Crippen molar-refractivity contribution in [2.45, 2.75) is 12.6 Å². The van der Waals surface area contributed by atoms with Gasteiger partial charge in [0.1, 0.15) is 4.60 Å². The molecule has 100 valence electrons. The third-order valence-electron chi connectivity index (χ3n) is 1.98. The van der Waals surface area contributed by atoms with Crippen LogP contribution in [0.3, 0.4) is 0 Å². The summed E-state index contributed by atoms with van der Waals surface area (Å²) in [6.45, 7) is 0. The van der Waals surface area contributed by atoms with Crippen LogP contribution in [0.5, 0.6) is 0 Å². The molecule has 1 heterocycles. The molecule has 1 aromatic heterocycles. The van der Waals surface area contributed by atoms with Crippen LogP contribution < -0.4 is 0 Å². The van der Waals surface area contributed by atoms with Crippen LogP contribution in [-0.4, -0.2) is 18.1 Å². The van der Waals surface area contributed by atoms with Crippen LogP contribution in [-0.2, 0) is 10.9 Å². The molecule has 0 unspecified atom stereocenters. The van der Waals surface area contributed by atoms with E-state index < -0.39 is 39.9 Å². The van der Waals surface area contributed by atoms with Crippen LogP contribution in [0, 0.1) is 0 Å². The van der Waals surface area contributed by atoms with Gasteiger partial charge < -0.3 is 4.74 Å². The quantitative estimate of drug-likeness (QED) is 0.471. The van der Waals surface area contributed by atoms with E-state index in [9.17, 15) is 26.7 Å². The second kappa shape index (κ2) is 5.17. The number of hydrogen-bond donors (Lipinski definition) is 0. The van der Waals surface area contributed by atoms with Crippen LogP contribution >= 0.6 is 15.9 Å². The topological polar surface area (TPSA) is 39.2 Å². The first kappa shape index (κ1) is 14.8. The van der Waals surface area contributed by atoms with Crippen molar-refractivity contribution in [2.24, 2.45) is 0 Å². The lowest BCUT2D eigenvalue weighted by Gasteiger charge is -2.15. The predicted octanol–water partition coefficient (Wildman–Crippen LogP) is 3.59. The minimum Gasteiger partial charge on any atom is -0.465 e. The molecule has 0 spiro atoms. The minimum absolute atomic E-state index is 0.294. The summed E-state index contributed by atoms with van der Waals surface area (Å²) >= 11 is 2.58. The number of hydrogen-bond acceptors (Lipinski definition) is 3. The van der Waals surface area contributed by atoms with Gasteiger partial charge in [-0.25, -0.2) is 18.6 Å². The van der Waals surface area contributed by atoms with E-state index in [1.165, 1.54) is 0 Å². The average Bonchev–Trinajstić information content (AvgIpc) is 2.25. The largest absolute Gasteiger partial charge is 0.465 e. The lowest BCUT2D eigenvalue weighted by Crippen LogP contribution is -2.18. The Balaban J connectivity index is 3.65. The summed E-state index contributed by atoms with van der Waals surface area (Å²) in [6, 6.07) is 0. The molecule has 0 aromatic carbocycles. The second-order valence-corrected chi connectivity index (χ2v) is 3.79. The summed E-state index contributed by atoms with van der Waals surface area (Å²) in [6.07, 6.45) is -7.99. The van der Waals surface area contributed by atoms with E-state index in [1.54, 1.807) is 0 Å². The molecule has 0 N–H and O–H groups in total. The molecule has 9 heteroatoms. The van der Waals surface area contributed by atoms with Gasteiger partial charge in [0.05, 0.1) is 23.8 Å². The Hall–Kier alpha value is -1.25. The number of aromatic nitrogens is 1. The summed E-state index contributed by atoms with van der Waals surface area (Å²) in [5, 5.41) is 0. The number of carbonyl (C=O) groups is 1. The molecule has 0 fully saturated rings. The number of carbonyl (C=O) groups excluding carboxylic acids is 1. The van der Waals surface area contributed by atoms with Gasteiger partial charge in [-0.05, 0) is 15.9 Å². The molecule has 18 heavy (non-hydrogen) atoms. The highest BCUT2D eigenvalue weighted by atomic mass is 79.9. The normalized spacial score (nSPS) is 11.8. The van der Waals surface area contributed by atoms with Crippen LogP contribution in [0.25, 0.3) is 0 Å². The maximum atomic E-state index is 12.7. The molecule has 0 saturated heterocycles. The van der Waals surface area contributed by atoms with Gasteiger partial charge in [-0.3, -0.25) is 0 Å². The number of esters is 1. The first-order valence-corrected chi connectivity index (χ1v) is 5.11. The fourth-order valence-electron chi connectivity index (χ4n) is 1.24. The average molecular weight is 334 g/mol. The minimum atomic E-state index is -4.99. The van der Waals surface area contributed by atoms with Crippen molar-refractivity contribution < 1.29 is 31.5 Å². The first-order valence-electron chi connectivity index (χ1n) is 4.32. The van der Waals surface area contributed by atoms with Crippen molar-refractivity contribution in [3.8, 4) is 0 Å². The molecule has 0 aliphatic carbocycles. The monoisotopic (exact) mass is 333 g/mol. The zero-order valence-corrected chi connectivity index (χ0v) is 10.3. The van der Waals surface area contributed by atoms with Crippen molar-refractivity contribution in [1.29, 1.82) is 0 Å². The van der Waals surface area contributed by atoms with Gasteiger partial charge in [-0.2, -0.15) is 13.2 Å². The molecule has 0 saturated carbocycles. The van der Waals surface area contributed by atoms with E-state index in [0.717, 1.165) is 7.11 Å². The van der Waals surface area contributed by atoms with Gasteiger partial charge in [0, 0.05) is 6.20 Å². The van der Waals surface area contributed by atoms with Gasteiger partial charge >= 0.3 is 12.1 Å². The standard InChI is InChI=1S/C9H5BrF5NO2/c1-18-8(17)4-3(9(13,14)15)2-16-6(10)5(4)7(11)12/h2,7H,1H3. The summed E-state index contributed by atoms with van der Waals surface area (Å²) in [5.74, 6) is -1.50. The third-order valence-corrected chi connectivity index (χ3v) is 2.61. The van der Waals surface area contributed by atoms with Crippen molar-refractivity contribution in [1.82, 2.24) is 4.98 Å². The number of nitrogens with zero attached hydrogens (tertiary/aromatic N) is 1. The maximum Gasteiger partial charge on any atom is 0.418 e. The summed E-state index contributed by atoms with van der Waals surface area (Å²) in [5.41, 5.74) is -3.94. The fourth-order valence-corrected chi connectivity index (χ4v) is 1.71. The Morgan fingerprint density at radius 3 is 2.39 bits per heavy atom. The molecule has 0 radical (unpaired) electrons. The molecule has 1 rings (SSSR count). The van der Waals surface area contributed by atoms with E-state index >= 15 is 0 Å². The van der Waals surface area contributed by atoms with Crippen molar-refractivity contribution in [2.75, 3.05) is 7.11 Å².